The van der Waals surface area contributed by atoms with Crippen LogP contribution >= 0.6 is 15.9 Å². The predicted octanol–water partition coefficient (Wildman–Crippen LogP) is 1.71. The molecule has 0 bridgehead atoms. The lowest BCUT2D eigenvalue weighted by Gasteiger charge is -2.16. The molecule has 0 unspecified atom stereocenters. The van der Waals surface area contributed by atoms with Crippen LogP contribution in [0.3, 0.4) is 0 Å². The largest absolute Gasteiger partial charge is 0.351 e. The Bertz CT molecular complexity index is 526. The standard InChI is InChI=1S/C13H19BrN4O2/c1-8(2)18-6-9(14)5-11(18)12(19)16-10-3-4-17(7-10)13(15)20/h5-6,8,10H,3-4,7H2,1-2H3,(H2,15,20)(H,16,19)/t10-/m1/s1. The van der Waals surface area contributed by atoms with Crippen molar-refractivity contribution in [2.45, 2.75) is 32.4 Å². The summed E-state index contributed by atoms with van der Waals surface area (Å²) in [6, 6.07) is 1.53. The minimum absolute atomic E-state index is 0.0377. The number of amides is 3. The molecular formula is C13H19BrN4O2. The number of hydrogen-bond acceptors (Lipinski definition) is 2. The van der Waals surface area contributed by atoms with E-state index in [1.165, 1.54) is 0 Å². The zero-order valence-electron chi connectivity index (χ0n) is 11.6. The van der Waals surface area contributed by atoms with E-state index < -0.39 is 6.03 Å². The Morgan fingerprint density at radius 1 is 1.50 bits per heavy atom. The topological polar surface area (TPSA) is 80.4 Å². The Kier molecular flexibility index (Phi) is 4.37. The third kappa shape index (κ3) is 3.15. The number of aromatic nitrogens is 1. The number of primary amides is 1. The van der Waals surface area contributed by atoms with Crippen molar-refractivity contribution < 1.29 is 9.59 Å². The van der Waals surface area contributed by atoms with Gasteiger partial charge in [0.25, 0.3) is 5.91 Å². The highest BCUT2D eigenvalue weighted by atomic mass is 79.9. The highest BCUT2D eigenvalue weighted by Gasteiger charge is 2.27. The van der Waals surface area contributed by atoms with Gasteiger partial charge >= 0.3 is 6.03 Å². The van der Waals surface area contributed by atoms with Gasteiger partial charge in [0.05, 0.1) is 0 Å². The molecule has 2 heterocycles. The van der Waals surface area contributed by atoms with Crippen LogP contribution in [0.4, 0.5) is 4.79 Å². The van der Waals surface area contributed by atoms with Gasteiger partial charge < -0.3 is 20.5 Å². The minimum Gasteiger partial charge on any atom is -0.351 e. The molecule has 1 saturated heterocycles. The van der Waals surface area contributed by atoms with Gasteiger partial charge in [-0.05, 0) is 42.3 Å². The van der Waals surface area contributed by atoms with Crippen LogP contribution in [-0.2, 0) is 0 Å². The zero-order chi connectivity index (χ0) is 14.9. The van der Waals surface area contributed by atoms with Crippen LogP contribution in [0, 0.1) is 0 Å². The molecule has 3 amide bonds. The van der Waals surface area contributed by atoms with E-state index in [9.17, 15) is 9.59 Å². The fourth-order valence-electron chi connectivity index (χ4n) is 2.39. The molecule has 0 aliphatic carbocycles. The zero-order valence-corrected chi connectivity index (χ0v) is 13.2. The molecule has 1 aliphatic heterocycles. The van der Waals surface area contributed by atoms with Crippen molar-refractivity contribution in [2.75, 3.05) is 13.1 Å². The van der Waals surface area contributed by atoms with E-state index in [1.807, 2.05) is 24.6 Å². The Morgan fingerprint density at radius 2 is 2.20 bits per heavy atom. The predicted molar refractivity (Wildman–Crippen MR) is 79.5 cm³/mol. The number of nitrogens with zero attached hydrogens (tertiary/aromatic N) is 2. The summed E-state index contributed by atoms with van der Waals surface area (Å²) in [7, 11) is 0. The van der Waals surface area contributed by atoms with E-state index in [4.69, 9.17) is 5.73 Å². The summed E-state index contributed by atoms with van der Waals surface area (Å²) >= 11 is 3.39. The van der Waals surface area contributed by atoms with E-state index in [1.54, 1.807) is 11.0 Å². The number of carbonyl (C=O) groups excluding carboxylic acids is 2. The molecule has 1 aromatic rings. The van der Waals surface area contributed by atoms with Gasteiger partial charge in [-0.2, -0.15) is 0 Å². The van der Waals surface area contributed by atoms with E-state index in [0.717, 1.165) is 10.9 Å². The van der Waals surface area contributed by atoms with Crippen LogP contribution in [-0.4, -0.2) is 40.5 Å². The second-order valence-electron chi connectivity index (χ2n) is 5.29. The molecule has 1 aromatic heterocycles. The number of urea groups is 1. The van der Waals surface area contributed by atoms with Crippen molar-refractivity contribution in [3.63, 3.8) is 0 Å². The Balaban J connectivity index is 2.04. The monoisotopic (exact) mass is 342 g/mol. The number of carbonyl (C=O) groups is 2. The normalized spacial score (nSPS) is 18.6. The molecule has 0 radical (unpaired) electrons. The molecule has 7 heteroatoms. The lowest BCUT2D eigenvalue weighted by Crippen LogP contribution is -2.40. The van der Waals surface area contributed by atoms with Gasteiger partial charge in [-0.3, -0.25) is 4.79 Å². The Labute approximate surface area is 126 Å². The molecule has 2 rings (SSSR count). The number of likely N-dealkylation sites (tertiary alicyclic amines) is 1. The van der Waals surface area contributed by atoms with Crippen molar-refractivity contribution in [1.29, 1.82) is 0 Å². The van der Waals surface area contributed by atoms with Gasteiger partial charge in [-0.25, -0.2) is 4.79 Å². The SMILES string of the molecule is CC(C)n1cc(Br)cc1C(=O)N[C@@H]1CCN(C(N)=O)C1. The van der Waals surface area contributed by atoms with Crippen LogP contribution in [0.1, 0.15) is 36.8 Å². The molecule has 20 heavy (non-hydrogen) atoms. The van der Waals surface area contributed by atoms with E-state index >= 15 is 0 Å². The summed E-state index contributed by atoms with van der Waals surface area (Å²) in [5.74, 6) is -0.124. The summed E-state index contributed by atoms with van der Waals surface area (Å²) in [5.41, 5.74) is 5.85. The van der Waals surface area contributed by atoms with E-state index in [0.29, 0.717) is 18.8 Å². The lowest BCUT2D eigenvalue weighted by molar-refractivity contribution is 0.0927. The second-order valence-corrected chi connectivity index (χ2v) is 6.20. The van der Waals surface area contributed by atoms with Gasteiger partial charge in [0.15, 0.2) is 0 Å². The molecule has 110 valence electrons. The summed E-state index contributed by atoms with van der Waals surface area (Å²) in [6.07, 6.45) is 2.63. The Morgan fingerprint density at radius 3 is 2.75 bits per heavy atom. The first-order chi connectivity index (χ1) is 9.38. The van der Waals surface area contributed by atoms with E-state index in [2.05, 4.69) is 21.2 Å². The first kappa shape index (κ1) is 14.9. The number of nitrogens with one attached hydrogen (secondary N) is 1. The summed E-state index contributed by atoms with van der Waals surface area (Å²) < 4.78 is 2.79. The minimum atomic E-state index is -0.435. The average molecular weight is 343 g/mol. The van der Waals surface area contributed by atoms with Gasteiger partial charge in [0.1, 0.15) is 5.69 Å². The maximum atomic E-state index is 12.3. The van der Waals surface area contributed by atoms with Crippen LogP contribution < -0.4 is 11.1 Å². The van der Waals surface area contributed by atoms with Crippen LogP contribution in [0.5, 0.6) is 0 Å². The summed E-state index contributed by atoms with van der Waals surface area (Å²) in [4.78, 5) is 24.9. The Hall–Kier alpha value is -1.50. The number of rotatable bonds is 3. The first-order valence-corrected chi connectivity index (χ1v) is 7.40. The van der Waals surface area contributed by atoms with Gasteiger partial charge in [0, 0.05) is 35.8 Å². The second kappa shape index (κ2) is 5.87. The molecule has 1 atom stereocenters. The summed E-state index contributed by atoms with van der Waals surface area (Å²) in [6.45, 7) is 5.11. The smallest absolute Gasteiger partial charge is 0.314 e. The van der Waals surface area contributed by atoms with Crippen LogP contribution in [0.2, 0.25) is 0 Å². The average Bonchev–Trinajstić information content (AvgIpc) is 2.95. The first-order valence-electron chi connectivity index (χ1n) is 6.61. The molecule has 0 aromatic carbocycles. The van der Waals surface area contributed by atoms with Gasteiger partial charge in [-0.15, -0.1) is 0 Å². The van der Waals surface area contributed by atoms with Crippen LogP contribution in [0.15, 0.2) is 16.7 Å². The number of halogens is 1. The lowest BCUT2D eigenvalue weighted by atomic mass is 10.2. The van der Waals surface area contributed by atoms with Crippen molar-refractivity contribution in [1.82, 2.24) is 14.8 Å². The number of hydrogen-bond donors (Lipinski definition) is 2. The van der Waals surface area contributed by atoms with E-state index in [-0.39, 0.29) is 18.0 Å². The maximum Gasteiger partial charge on any atom is 0.314 e. The fourth-order valence-corrected chi connectivity index (χ4v) is 2.83. The maximum absolute atomic E-state index is 12.3. The highest BCUT2D eigenvalue weighted by Crippen LogP contribution is 2.20. The number of nitrogens with two attached hydrogens (primary N) is 1. The molecule has 0 saturated carbocycles. The van der Waals surface area contributed by atoms with Crippen molar-refractivity contribution in [3.8, 4) is 0 Å². The van der Waals surface area contributed by atoms with Crippen LogP contribution in [0.25, 0.3) is 0 Å². The molecule has 1 aliphatic rings. The van der Waals surface area contributed by atoms with Crippen molar-refractivity contribution >= 4 is 27.9 Å². The quantitative estimate of drug-likeness (QED) is 0.876. The molecular weight excluding hydrogens is 324 g/mol. The molecule has 6 nitrogen and oxygen atoms in total. The molecule has 3 N–H and O–H groups in total. The fraction of sp³-hybridized carbons (Fsp3) is 0.538. The molecule has 0 spiro atoms. The van der Waals surface area contributed by atoms with Crippen molar-refractivity contribution in [3.05, 3.63) is 22.4 Å². The highest BCUT2D eigenvalue weighted by molar-refractivity contribution is 9.10. The van der Waals surface area contributed by atoms with Crippen molar-refractivity contribution in [2.24, 2.45) is 5.73 Å². The van der Waals surface area contributed by atoms with Gasteiger partial charge in [0.2, 0.25) is 0 Å². The third-order valence-electron chi connectivity index (χ3n) is 3.44. The third-order valence-corrected chi connectivity index (χ3v) is 3.87. The van der Waals surface area contributed by atoms with Gasteiger partial charge in [-0.1, -0.05) is 0 Å². The summed E-state index contributed by atoms with van der Waals surface area (Å²) in [5, 5.41) is 2.96. The molecule has 1 fully saturated rings.